The molecule has 2 heteroatoms. The number of aromatic nitrogens is 1. The maximum absolute atomic E-state index is 4.00. The lowest BCUT2D eigenvalue weighted by Crippen LogP contribution is -1.94. The molecule has 1 aromatic heterocycles. The van der Waals surface area contributed by atoms with Crippen molar-refractivity contribution in [3.8, 4) is 0 Å². The van der Waals surface area contributed by atoms with Gasteiger partial charge in [-0.2, -0.15) is 0 Å². The zero-order chi connectivity index (χ0) is 9.98. The Kier molecular flexibility index (Phi) is 12.5. The van der Waals surface area contributed by atoms with Gasteiger partial charge < -0.3 is 0 Å². The minimum atomic E-state index is 1.00. The minimum Gasteiger partial charge on any atom is -0.257 e. The number of rotatable bonds is 0. The van der Waals surface area contributed by atoms with Gasteiger partial charge in [-0.3, -0.25) is 4.98 Å². The predicted octanol–water partition coefficient (Wildman–Crippen LogP) is 2.94. The Hall–Kier alpha value is -0.420. The molecule has 70 valence electrons. The van der Waals surface area contributed by atoms with Crippen molar-refractivity contribution in [1.29, 1.82) is 0 Å². The molecule has 1 unspecified atom stereocenters. The zero-order valence-corrected chi connectivity index (χ0v) is 9.91. The van der Waals surface area contributed by atoms with Gasteiger partial charge in [0.05, 0.1) is 5.44 Å². The number of hydrogen-bond donors (Lipinski definition) is 0. The summed E-state index contributed by atoms with van der Waals surface area (Å²) in [4.78, 5) is 4.00. The number of aryl methyl sites for hydroxylation is 1. The molecule has 0 aliphatic rings. The smallest absolute Gasteiger partial charge is 0.0571 e. The highest BCUT2D eigenvalue weighted by Gasteiger charge is 1.82. The van der Waals surface area contributed by atoms with Crippen LogP contribution in [-0.2, 0) is 0 Å². The summed E-state index contributed by atoms with van der Waals surface area (Å²) in [5, 5.41) is 0. The molecule has 0 bridgehead atoms. The molecule has 0 amide bonds. The second-order valence-corrected chi connectivity index (χ2v) is 2.35. The molecule has 0 spiro atoms. The van der Waals surface area contributed by atoms with E-state index in [9.17, 15) is 0 Å². The van der Waals surface area contributed by atoms with Crippen molar-refractivity contribution in [2.75, 3.05) is 0 Å². The third kappa shape index (κ3) is 7.68. The first-order chi connectivity index (χ1) is 5.79. The van der Waals surface area contributed by atoms with E-state index in [4.69, 9.17) is 0 Å². The van der Waals surface area contributed by atoms with E-state index in [2.05, 4.69) is 21.1 Å². The monoisotopic (exact) mass is 185 g/mol. The highest BCUT2D eigenvalue weighted by atomic mass is 31.0. The van der Waals surface area contributed by atoms with Crippen LogP contribution in [0.25, 0.3) is 0 Å². The zero-order valence-electron chi connectivity index (χ0n) is 8.76. The molecule has 0 radical (unpaired) electrons. The first-order valence-electron chi connectivity index (χ1n) is 4.47. The predicted molar refractivity (Wildman–Crippen MR) is 61.0 cm³/mol. The highest BCUT2D eigenvalue weighted by molar-refractivity contribution is 7.26. The maximum atomic E-state index is 4.00. The fourth-order valence-corrected chi connectivity index (χ4v) is 0.909. The first kappa shape index (κ1) is 14.1. The fraction of sp³-hybridized carbons (Fsp3) is 0.500. The highest BCUT2D eigenvalue weighted by Crippen LogP contribution is 1.91. The molecular formula is C10H20NP. The van der Waals surface area contributed by atoms with E-state index in [0.717, 1.165) is 5.44 Å². The molecule has 1 atom stereocenters. The van der Waals surface area contributed by atoms with Crippen LogP contribution in [0.15, 0.2) is 18.3 Å². The van der Waals surface area contributed by atoms with Crippen molar-refractivity contribution in [2.45, 2.75) is 34.6 Å². The molecule has 0 saturated heterocycles. The van der Waals surface area contributed by atoms with Crippen molar-refractivity contribution in [2.24, 2.45) is 0 Å². The Labute approximate surface area is 78.8 Å². The molecule has 0 saturated carbocycles. The molecule has 0 aromatic carbocycles. The van der Waals surface area contributed by atoms with Crippen LogP contribution in [0.3, 0.4) is 0 Å². The summed E-state index contributed by atoms with van der Waals surface area (Å²) in [6.07, 6.45) is 1.80. The van der Waals surface area contributed by atoms with Gasteiger partial charge >= 0.3 is 0 Å². The van der Waals surface area contributed by atoms with Gasteiger partial charge in [-0.1, -0.05) is 36.9 Å². The molecule has 0 aliphatic heterocycles. The van der Waals surface area contributed by atoms with Crippen LogP contribution < -0.4 is 5.44 Å². The van der Waals surface area contributed by atoms with Gasteiger partial charge in [0.25, 0.3) is 0 Å². The average molecular weight is 185 g/mol. The lowest BCUT2D eigenvalue weighted by atomic mass is 10.3. The second-order valence-electron chi connectivity index (χ2n) is 1.76. The Morgan fingerprint density at radius 2 is 1.67 bits per heavy atom. The van der Waals surface area contributed by atoms with E-state index in [0.29, 0.717) is 0 Å². The second kappa shape index (κ2) is 10.6. The molecule has 1 nitrogen and oxygen atoms in total. The molecule has 12 heavy (non-hydrogen) atoms. The lowest BCUT2D eigenvalue weighted by molar-refractivity contribution is 1.34. The summed E-state index contributed by atoms with van der Waals surface area (Å²) in [5.74, 6) is 0. The summed E-state index contributed by atoms with van der Waals surface area (Å²) in [6, 6.07) is 4.00. The van der Waals surface area contributed by atoms with Crippen molar-refractivity contribution in [1.82, 2.24) is 4.98 Å². The van der Waals surface area contributed by atoms with E-state index in [1.165, 1.54) is 5.56 Å². The van der Waals surface area contributed by atoms with Gasteiger partial charge in [0.2, 0.25) is 0 Å². The van der Waals surface area contributed by atoms with E-state index < -0.39 is 0 Å². The summed E-state index contributed by atoms with van der Waals surface area (Å²) >= 11 is 0. The molecular weight excluding hydrogens is 165 g/mol. The van der Waals surface area contributed by atoms with E-state index in [1.807, 2.05) is 39.8 Å². The van der Waals surface area contributed by atoms with Crippen LogP contribution in [-0.4, -0.2) is 4.98 Å². The van der Waals surface area contributed by atoms with E-state index in [-0.39, 0.29) is 0 Å². The third-order valence-corrected chi connectivity index (χ3v) is 1.25. The van der Waals surface area contributed by atoms with Crippen LogP contribution in [0.5, 0.6) is 0 Å². The molecule has 1 rings (SSSR count). The summed E-state index contributed by atoms with van der Waals surface area (Å²) in [7, 11) is 2.55. The molecule has 0 fully saturated rings. The van der Waals surface area contributed by atoms with Crippen LogP contribution in [0.4, 0.5) is 0 Å². The van der Waals surface area contributed by atoms with Gasteiger partial charge in [0.15, 0.2) is 0 Å². The summed E-state index contributed by atoms with van der Waals surface area (Å²) in [5.41, 5.74) is 2.26. The molecule has 0 aliphatic carbocycles. The van der Waals surface area contributed by atoms with Crippen LogP contribution >= 0.6 is 9.24 Å². The maximum Gasteiger partial charge on any atom is 0.0571 e. The molecule has 0 N–H and O–H groups in total. The van der Waals surface area contributed by atoms with Gasteiger partial charge in [-0.25, -0.2) is 0 Å². The Balaban J connectivity index is 0. The van der Waals surface area contributed by atoms with Crippen molar-refractivity contribution in [3.05, 3.63) is 23.9 Å². The Bertz CT molecular complexity index is 170. The summed E-state index contributed by atoms with van der Waals surface area (Å²) in [6.45, 7) is 10.1. The Morgan fingerprint density at radius 3 is 1.92 bits per heavy atom. The summed E-state index contributed by atoms with van der Waals surface area (Å²) < 4.78 is 0. The number of nitrogens with zero attached hydrogens (tertiary/aromatic N) is 1. The van der Waals surface area contributed by atoms with E-state index in [1.54, 1.807) is 6.20 Å². The fourth-order valence-electron chi connectivity index (χ4n) is 0.560. The van der Waals surface area contributed by atoms with Crippen molar-refractivity contribution < 1.29 is 0 Å². The minimum absolute atomic E-state index is 1.00. The molecule has 1 heterocycles. The first-order valence-corrected chi connectivity index (χ1v) is 5.05. The number of hydrogen-bond acceptors (Lipinski definition) is 1. The molecule has 1 aromatic rings. The topological polar surface area (TPSA) is 12.9 Å². The standard InChI is InChI=1S/C6H8NP.2C2H6/c1-5-2-3-7-6(8)4-5;2*1-2/h2-4H,8H2,1H3;2*1-2H3. The van der Waals surface area contributed by atoms with Crippen LogP contribution in [0, 0.1) is 6.92 Å². The van der Waals surface area contributed by atoms with Gasteiger partial charge in [0, 0.05) is 6.20 Å². The van der Waals surface area contributed by atoms with Gasteiger partial charge in [-0.05, 0) is 24.6 Å². The van der Waals surface area contributed by atoms with Crippen molar-refractivity contribution in [3.63, 3.8) is 0 Å². The van der Waals surface area contributed by atoms with Gasteiger partial charge in [-0.15, -0.1) is 0 Å². The normalized spacial score (nSPS) is 7.17. The average Bonchev–Trinajstić information content (AvgIpc) is 2.11. The Morgan fingerprint density at radius 1 is 1.17 bits per heavy atom. The lowest BCUT2D eigenvalue weighted by Gasteiger charge is -1.89. The van der Waals surface area contributed by atoms with Crippen LogP contribution in [0.1, 0.15) is 33.3 Å². The van der Waals surface area contributed by atoms with E-state index >= 15 is 0 Å². The quantitative estimate of drug-likeness (QED) is 0.566. The largest absolute Gasteiger partial charge is 0.257 e. The SMILES string of the molecule is CC.CC.Cc1ccnc(P)c1. The van der Waals surface area contributed by atoms with Crippen molar-refractivity contribution >= 4 is 14.7 Å². The number of pyridine rings is 1. The van der Waals surface area contributed by atoms with Crippen LogP contribution in [0.2, 0.25) is 0 Å². The third-order valence-electron chi connectivity index (χ3n) is 0.937. The van der Waals surface area contributed by atoms with Gasteiger partial charge in [0.1, 0.15) is 0 Å².